The molecule has 2 rings (SSSR count). The molecule has 110 valence electrons. The molecule has 1 aromatic heterocycles. The highest BCUT2D eigenvalue weighted by Gasteiger charge is 2.08. The summed E-state index contributed by atoms with van der Waals surface area (Å²) in [4.78, 5) is 26.4. The topological polar surface area (TPSA) is 84.2 Å². The molecule has 0 unspecified atom stereocenters. The van der Waals surface area contributed by atoms with Crippen LogP contribution < -0.4 is 5.32 Å². The van der Waals surface area contributed by atoms with E-state index in [-0.39, 0.29) is 11.6 Å². The number of carboxylic acids is 1. The molecular formula is C14H14BrN3O3. The van der Waals surface area contributed by atoms with Gasteiger partial charge in [-0.25, -0.2) is 9.78 Å². The summed E-state index contributed by atoms with van der Waals surface area (Å²) in [5.74, 6) is -1.23. The number of aromatic carboxylic acids is 1. The Bertz CT molecular complexity index is 682. The van der Waals surface area contributed by atoms with Gasteiger partial charge in [-0.1, -0.05) is 15.9 Å². The number of imidazole rings is 1. The van der Waals surface area contributed by atoms with Crippen molar-refractivity contribution in [2.24, 2.45) is 0 Å². The maximum Gasteiger partial charge on any atom is 0.356 e. The molecule has 0 aliphatic heterocycles. The first kappa shape index (κ1) is 15.2. The molecule has 0 saturated carbocycles. The molecule has 0 saturated heterocycles. The molecule has 0 spiro atoms. The summed E-state index contributed by atoms with van der Waals surface area (Å²) < 4.78 is 2.58. The van der Waals surface area contributed by atoms with Crippen LogP contribution in [0, 0.1) is 6.92 Å². The number of nitrogens with zero attached hydrogens (tertiary/aromatic N) is 2. The number of halogens is 1. The zero-order valence-corrected chi connectivity index (χ0v) is 12.9. The van der Waals surface area contributed by atoms with E-state index in [1.807, 2.05) is 13.0 Å². The first-order chi connectivity index (χ1) is 9.97. The van der Waals surface area contributed by atoms with E-state index in [9.17, 15) is 9.59 Å². The maximum absolute atomic E-state index is 12.0. The number of hydrogen-bond acceptors (Lipinski definition) is 3. The minimum absolute atomic E-state index is 0.00939. The van der Waals surface area contributed by atoms with E-state index in [0.717, 1.165) is 10.0 Å². The van der Waals surface area contributed by atoms with Crippen LogP contribution in [0.5, 0.6) is 0 Å². The molecule has 0 radical (unpaired) electrons. The lowest BCUT2D eigenvalue weighted by molar-refractivity contribution is 0.0690. The predicted molar refractivity (Wildman–Crippen MR) is 80.4 cm³/mol. The first-order valence-electron chi connectivity index (χ1n) is 6.27. The summed E-state index contributed by atoms with van der Waals surface area (Å²) in [5.41, 5.74) is 1.57. The molecule has 1 aromatic carbocycles. The van der Waals surface area contributed by atoms with E-state index in [0.29, 0.717) is 18.7 Å². The van der Waals surface area contributed by atoms with Crippen molar-refractivity contribution in [1.82, 2.24) is 14.9 Å². The fourth-order valence-electron chi connectivity index (χ4n) is 1.78. The fourth-order valence-corrected chi connectivity index (χ4v) is 2.03. The Morgan fingerprint density at radius 1 is 1.43 bits per heavy atom. The van der Waals surface area contributed by atoms with Crippen molar-refractivity contribution in [2.45, 2.75) is 13.5 Å². The zero-order valence-electron chi connectivity index (χ0n) is 11.3. The number of carbonyl (C=O) groups is 2. The quantitative estimate of drug-likeness (QED) is 0.863. The molecule has 1 amide bonds. The van der Waals surface area contributed by atoms with Gasteiger partial charge < -0.3 is 15.0 Å². The van der Waals surface area contributed by atoms with Gasteiger partial charge in [0.15, 0.2) is 5.69 Å². The molecule has 0 aliphatic rings. The largest absolute Gasteiger partial charge is 0.476 e. The van der Waals surface area contributed by atoms with Gasteiger partial charge in [-0.05, 0) is 30.7 Å². The molecule has 0 atom stereocenters. The fraction of sp³-hybridized carbons (Fsp3) is 0.214. The number of rotatable bonds is 5. The molecule has 1 heterocycles. The number of amides is 1. The molecule has 0 aliphatic carbocycles. The summed E-state index contributed by atoms with van der Waals surface area (Å²) >= 11 is 3.39. The molecule has 21 heavy (non-hydrogen) atoms. The van der Waals surface area contributed by atoms with Crippen molar-refractivity contribution in [3.63, 3.8) is 0 Å². The summed E-state index contributed by atoms with van der Waals surface area (Å²) in [7, 11) is 0. The van der Waals surface area contributed by atoms with Crippen molar-refractivity contribution < 1.29 is 14.7 Å². The number of nitrogens with one attached hydrogen (secondary N) is 1. The van der Waals surface area contributed by atoms with E-state index in [4.69, 9.17) is 5.11 Å². The number of aromatic nitrogens is 2. The Hall–Kier alpha value is -2.15. The van der Waals surface area contributed by atoms with Gasteiger partial charge in [0.1, 0.15) is 0 Å². The zero-order chi connectivity index (χ0) is 15.4. The SMILES string of the molecule is Cc1cc(C(=O)NCCn2cnc(C(=O)O)c2)ccc1Br. The van der Waals surface area contributed by atoms with Crippen molar-refractivity contribution in [1.29, 1.82) is 0 Å². The van der Waals surface area contributed by atoms with Crippen LogP contribution >= 0.6 is 15.9 Å². The Kier molecular flexibility index (Phi) is 4.74. The lowest BCUT2D eigenvalue weighted by atomic mass is 10.1. The van der Waals surface area contributed by atoms with Crippen molar-refractivity contribution >= 4 is 27.8 Å². The Labute approximate surface area is 129 Å². The molecular weight excluding hydrogens is 338 g/mol. The van der Waals surface area contributed by atoms with Gasteiger partial charge in [-0.3, -0.25) is 4.79 Å². The third-order valence-corrected chi connectivity index (χ3v) is 3.82. The monoisotopic (exact) mass is 351 g/mol. The predicted octanol–water partition coefficient (Wildman–Crippen LogP) is 2.08. The third-order valence-electron chi connectivity index (χ3n) is 2.93. The Morgan fingerprint density at radius 3 is 2.81 bits per heavy atom. The van der Waals surface area contributed by atoms with Crippen LogP contribution in [0.4, 0.5) is 0 Å². The average Bonchev–Trinajstić information content (AvgIpc) is 2.91. The van der Waals surface area contributed by atoms with E-state index in [1.54, 1.807) is 16.7 Å². The Morgan fingerprint density at radius 2 is 2.19 bits per heavy atom. The third kappa shape index (κ3) is 3.91. The molecule has 0 bridgehead atoms. The van der Waals surface area contributed by atoms with Gasteiger partial charge >= 0.3 is 5.97 Å². The van der Waals surface area contributed by atoms with Crippen LogP contribution in [-0.2, 0) is 6.54 Å². The molecule has 7 heteroatoms. The van der Waals surface area contributed by atoms with E-state index < -0.39 is 5.97 Å². The normalized spacial score (nSPS) is 10.4. The number of benzene rings is 1. The minimum Gasteiger partial charge on any atom is -0.476 e. The lowest BCUT2D eigenvalue weighted by Gasteiger charge is -2.07. The highest BCUT2D eigenvalue weighted by molar-refractivity contribution is 9.10. The highest BCUT2D eigenvalue weighted by atomic mass is 79.9. The van der Waals surface area contributed by atoms with Crippen LogP contribution in [0.25, 0.3) is 0 Å². The van der Waals surface area contributed by atoms with Gasteiger partial charge in [0.25, 0.3) is 5.91 Å². The van der Waals surface area contributed by atoms with Crippen molar-refractivity contribution in [2.75, 3.05) is 6.54 Å². The molecule has 0 fully saturated rings. The maximum atomic E-state index is 12.0. The van der Waals surface area contributed by atoms with Crippen LogP contribution in [0.3, 0.4) is 0 Å². The second-order valence-electron chi connectivity index (χ2n) is 4.52. The number of carbonyl (C=O) groups excluding carboxylic acids is 1. The first-order valence-corrected chi connectivity index (χ1v) is 7.06. The van der Waals surface area contributed by atoms with Crippen molar-refractivity contribution in [3.8, 4) is 0 Å². The standard InChI is InChI=1S/C14H14BrN3O3/c1-9-6-10(2-3-11(9)15)13(19)16-4-5-18-7-12(14(20)21)17-8-18/h2-3,6-8H,4-5H2,1H3,(H,16,19)(H,20,21). The van der Waals surface area contributed by atoms with Crippen LogP contribution in [0.15, 0.2) is 35.2 Å². The minimum atomic E-state index is -1.07. The van der Waals surface area contributed by atoms with E-state index in [2.05, 4.69) is 26.2 Å². The number of carboxylic acid groups (broad SMARTS) is 1. The molecule has 6 nitrogen and oxygen atoms in total. The summed E-state index contributed by atoms with van der Waals surface area (Å²) in [6, 6.07) is 5.38. The van der Waals surface area contributed by atoms with Gasteiger partial charge in [-0.2, -0.15) is 0 Å². The summed E-state index contributed by atoms with van der Waals surface area (Å²) in [5, 5.41) is 11.5. The lowest BCUT2D eigenvalue weighted by Crippen LogP contribution is -2.27. The van der Waals surface area contributed by atoms with Crippen LogP contribution in [0.1, 0.15) is 26.4 Å². The van der Waals surface area contributed by atoms with Crippen molar-refractivity contribution in [3.05, 3.63) is 52.0 Å². The second-order valence-corrected chi connectivity index (χ2v) is 5.38. The number of hydrogen-bond donors (Lipinski definition) is 2. The second kappa shape index (κ2) is 6.53. The van der Waals surface area contributed by atoms with Gasteiger partial charge in [0.05, 0.1) is 6.33 Å². The smallest absolute Gasteiger partial charge is 0.356 e. The van der Waals surface area contributed by atoms with Crippen LogP contribution in [0.2, 0.25) is 0 Å². The van der Waals surface area contributed by atoms with Gasteiger partial charge in [0.2, 0.25) is 0 Å². The van der Waals surface area contributed by atoms with E-state index >= 15 is 0 Å². The van der Waals surface area contributed by atoms with E-state index in [1.165, 1.54) is 12.5 Å². The molecule has 2 N–H and O–H groups in total. The van der Waals surface area contributed by atoms with Gasteiger partial charge in [-0.15, -0.1) is 0 Å². The van der Waals surface area contributed by atoms with Gasteiger partial charge in [0, 0.05) is 29.3 Å². The molecule has 2 aromatic rings. The average molecular weight is 352 g/mol. The Balaban J connectivity index is 1.88. The summed E-state index contributed by atoms with van der Waals surface area (Å²) in [6.45, 7) is 2.77. The number of aryl methyl sites for hydroxylation is 1. The van der Waals surface area contributed by atoms with Crippen LogP contribution in [-0.4, -0.2) is 33.1 Å². The highest BCUT2D eigenvalue weighted by Crippen LogP contribution is 2.16. The summed E-state index contributed by atoms with van der Waals surface area (Å²) in [6.07, 6.45) is 2.86.